The van der Waals surface area contributed by atoms with Crippen molar-refractivity contribution in [2.75, 3.05) is 4.90 Å². The Balaban J connectivity index is 1.84. The number of rotatable bonds is 5. The summed E-state index contributed by atoms with van der Waals surface area (Å²) in [6, 6.07) is 15.1. The molecule has 1 aromatic heterocycles. The molecule has 0 radical (unpaired) electrons. The maximum atomic E-state index is 12.3. The van der Waals surface area contributed by atoms with Crippen LogP contribution >= 0.6 is 11.3 Å². The monoisotopic (exact) mass is 377 g/mol. The van der Waals surface area contributed by atoms with Gasteiger partial charge >= 0.3 is 0 Å². The maximum absolute atomic E-state index is 12.3. The maximum Gasteiger partial charge on any atom is 0.230 e. The highest BCUT2D eigenvalue weighted by Gasteiger charge is 2.20. The van der Waals surface area contributed by atoms with Crippen molar-refractivity contribution in [1.82, 2.24) is 4.98 Å². The number of ether oxygens (including phenoxy) is 1. The van der Waals surface area contributed by atoms with Gasteiger partial charge in [-0.2, -0.15) is 5.26 Å². The molecule has 0 saturated carbocycles. The molecule has 0 aliphatic carbocycles. The Morgan fingerprint density at radius 2 is 2.00 bits per heavy atom. The van der Waals surface area contributed by atoms with Crippen LogP contribution in [-0.2, 0) is 11.4 Å². The summed E-state index contributed by atoms with van der Waals surface area (Å²) in [5, 5.41) is 11.6. The summed E-state index contributed by atoms with van der Waals surface area (Å²) < 4.78 is 5.73. The van der Waals surface area contributed by atoms with Crippen molar-refractivity contribution in [2.45, 2.75) is 27.4 Å². The number of hydrogen-bond donors (Lipinski definition) is 0. The highest BCUT2D eigenvalue weighted by Crippen LogP contribution is 2.32. The minimum Gasteiger partial charge on any atom is -0.486 e. The van der Waals surface area contributed by atoms with Crippen LogP contribution in [0.5, 0.6) is 5.75 Å². The highest BCUT2D eigenvalue weighted by molar-refractivity contribution is 7.14. The number of anilines is 2. The van der Waals surface area contributed by atoms with Gasteiger partial charge in [0.1, 0.15) is 18.4 Å². The lowest BCUT2D eigenvalue weighted by Crippen LogP contribution is -2.23. The van der Waals surface area contributed by atoms with Gasteiger partial charge in [-0.3, -0.25) is 9.69 Å². The summed E-state index contributed by atoms with van der Waals surface area (Å²) in [4.78, 5) is 18.5. The van der Waals surface area contributed by atoms with Gasteiger partial charge in [-0.25, -0.2) is 4.98 Å². The van der Waals surface area contributed by atoms with Gasteiger partial charge in [0.2, 0.25) is 5.91 Å². The Morgan fingerprint density at radius 3 is 2.74 bits per heavy atom. The molecule has 0 atom stereocenters. The van der Waals surface area contributed by atoms with Gasteiger partial charge in [0, 0.05) is 12.3 Å². The van der Waals surface area contributed by atoms with Crippen molar-refractivity contribution >= 4 is 28.1 Å². The molecule has 1 heterocycles. The molecule has 6 heteroatoms. The molecule has 0 saturated heterocycles. The second-order valence-electron chi connectivity index (χ2n) is 6.09. The number of carbonyl (C=O) groups excluding carboxylic acids is 1. The number of thiazole rings is 1. The molecule has 1 amide bonds. The predicted molar refractivity (Wildman–Crippen MR) is 106 cm³/mol. The van der Waals surface area contributed by atoms with Crippen molar-refractivity contribution in [3.05, 3.63) is 70.2 Å². The Kier molecular flexibility index (Phi) is 5.53. The Bertz CT molecular complexity index is 1020. The normalized spacial score (nSPS) is 10.3. The van der Waals surface area contributed by atoms with Crippen LogP contribution in [0.4, 0.5) is 10.8 Å². The van der Waals surface area contributed by atoms with E-state index >= 15 is 0 Å². The lowest BCUT2D eigenvalue weighted by atomic mass is 10.1. The van der Waals surface area contributed by atoms with Crippen LogP contribution in [0.25, 0.3) is 0 Å². The predicted octanol–water partition coefficient (Wildman–Crippen LogP) is 4.90. The molecule has 5 nitrogen and oxygen atoms in total. The number of nitriles is 1. The number of benzene rings is 2. The number of nitrogens with zero attached hydrogens (tertiary/aromatic N) is 3. The average molecular weight is 377 g/mol. The van der Waals surface area contributed by atoms with Crippen molar-refractivity contribution in [2.24, 2.45) is 0 Å². The fraction of sp³-hybridized carbons (Fsp3) is 0.190. The second-order valence-corrected chi connectivity index (χ2v) is 6.93. The Morgan fingerprint density at radius 1 is 1.22 bits per heavy atom. The minimum absolute atomic E-state index is 0.0969. The molecule has 136 valence electrons. The Labute approximate surface area is 162 Å². The van der Waals surface area contributed by atoms with E-state index in [1.54, 1.807) is 23.1 Å². The van der Waals surface area contributed by atoms with Crippen LogP contribution in [0, 0.1) is 25.2 Å². The summed E-state index contributed by atoms with van der Waals surface area (Å²) in [5.74, 6) is 0.424. The largest absolute Gasteiger partial charge is 0.486 e. The standard InChI is InChI=1S/C21H19N3O2S/c1-14-7-6-9-19(15(14)2)24(16(3)25)21-23-18(13-27-21)12-26-20-10-5-4-8-17(20)11-22/h4-10,13H,12H2,1-3H3. The molecule has 2 aromatic carbocycles. The summed E-state index contributed by atoms with van der Waals surface area (Å²) in [6.45, 7) is 5.78. The summed E-state index contributed by atoms with van der Waals surface area (Å²) in [7, 11) is 0. The number of carbonyl (C=O) groups is 1. The van der Waals surface area contributed by atoms with Crippen LogP contribution in [0.3, 0.4) is 0 Å². The molecular formula is C21H19N3O2S. The average Bonchev–Trinajstić information content (AvgIpc) is 3.12. The van der Waals surface area contributed by atoms with Gasteiger partial charge in [-0.1, -0.05) is 24.3 Å². The van der Waals surface area contributed by atoms with Gasteiger partial charge in [0.15, 0.2) is 5.13 Å². The van der Waals surface area contributed by atoms with E-state index in [0.717, 1.165) is 16.8 Å². The van der Waals surface area contributed by atoms with Gasteiger partial charge in [-0.05, 0) is 43.2 Å². The molecule has 0 fully saturated rings. The van der Waals surface area contributed by atoms with E-state index in [0.29, 0.717) is 22.1 Å². The number of hydrogen-bond acceptors (Lipinski definition) is 5. The fourth-order valence-electron chi connectivity index (χ4n) is 2.69. The SMILES string of the molecule is CC(=O)N(c1nc(COc2ccccc2C#N)cs1)c1cccc(C)c1C. The highest BCUT2D eigenvalue weighted by atomic mass is 32.1. The van der Waals surface area contributed by atoms with E-state index in [1.807, 2.05) is 43.5 Å². The first-order valence-electron chi connectivity index (χ1n) is 8.44. The topological polar surface area (TPSA) is 66.2 Å². The van der Waals surface area contributed by atoms with Gasteiger partial charge in [0.05, 0.1) is 16.9 Å². The second kappa shape index (κ2) is 8.02. The third-order valence-electron chi connectivity index (χ3n) is 4.25. The summed E-state index contributed by atoms with van der Waals surface area (Å²) in [5.41, 5.74) is 4.18. The van der Waals surface area contributed by atoms with Crippen LogP contribution in [0.15, 0.2) is 47.8 Å². The number of aryl methyl sites for hydroxylation is 1. The number of aromatic nitrogens is 1. The van der Waals surface area contributed by atoms with E-state index in [-0.39, 0.29) is 12.5 Å². The molecule has 0 aliphatic heterocycles. The number of amides is 1. The molecule has 0 N–H and O–H groups in total. The van der Waals surface area contributed by atoms with E-state index < -0.39 is 0 Å². The lowest BCUT2D eigenvalue weighted by Gasteiger charge is -2.21. The zero-order chi connectivity index (χ0) is 19.4. The van der Waals surface area contributed by atoms with Crippen molar-refractivity contribution in [3.63, 3.8) is 0 Å². The Hall–Kier alpha value is -3.17. The van der Waals surface area contributed by atoms with E-state index in [4.69, 9.17) is 10.00 Å². The minimum atomic E-state index is -0.0969. The smallest absolute Gasteiger partial charge is 0.230 e. The molecular weight excluding hydrogens is 358 g/mol. The first-order valence-corrected chi connectivity index (χ1v) is 9.32. The van der Waals surface area contributed by atoms with Crippen LogP contribution in [-0.4, -0.2) is 10.9 Å². The quantitative estimate of drug-likeness (QED) is 0.634. The van der Waals surface area contributed by atoms with Crippen molar-refractivity contribution < 1.29 is 9.53 Å². The zero-order valence-electron chi connectivity index (χ0n) is 15.4. The first-order chi connectivity index (χ1) is 13.0. The van der Waals surface area contributed by atoms with E-state index in [9.17, 15) is 4.79 Å². The first kappa shape index (κ1) is 18.6. The third-order valence-corrected chi connectivity index (χ3v) is 5.12. The molecule has 0 aliphatic rings. The molecule has 27 heavy (non-hydrogen) atoms. The van der Waals surface area contributed by atoms with Gasteiger partial charge in [0.25, 0.3) is 0 Å². The summed E-state index contributed by atoms with van der Waals surface area (Å²) >= 11 is 1.39. The zero-order valence-corrected chi connectivity index (χ0v) is 16.2. The number of para-hydroxylation sites is 1. The van der Waals surface area contributed by atoms with Gasteiger partial charge in [-0.15, -0.1) is 11.3 Å². The van der Waals surface area contributed by atoms with E-state index in [2.05, 4.69) is 11.1 Å². The molecule has 0 unspecified atom stereocenters. The lowest BCUT2D eigenvalue weighted by molar-refractivity contribution is -0.115. The van der Waals surface area contributed by atoms with Crippen molar-refractivity contribution in [1.29, 1.82) is 5.26 Å². The molecule has 0 bridgehead atoms. The molecule has 3 aromatic rings. The van der Waals surface area contributed by atoms with Crippen LogP contribution in [0.2, 0.25) is 0 Å². The molecule has 0 spiro atoms. The van der Waals surface area contributed by atoms with E-state index in [1.165, 1.54) is 18.3 Å². The van der Waals surface area contributed by atoms with Gasteiger partial charge < -0.3 is 4.74 Å². The fourth-order valence-corrected chi connectivity index (χ4v) is 3.55. The van der Waals surface area contributed by atoms with Crippen LogP contribution in [0.1, 0.15) is 29.3 Å². The van der Waals surface area contributed by atoms with Crippen molar-refractivity contribution in [3.8, 4) is 11.8 Å². The van der Waals surface area contributed by atoms with Crippen LogP contribution < -0.4 is 9.64 Å². The molecule has 3 rings (SSSR count). The summed E-state index contributed by atoms with van der Waals surface area (Å²) in [6.07, 6.45) is 0. The third kappa shape index (κ3) is 3.99.